The number of carboxylic acid groups (broad SMARTS) is 9. The summed E-state index contributed by atoms with van der Waals surface area (Å²) in [6, 6.07) is -5.23. The molecule has 1 saturated heterocycles. The molecular weight excluding hydrogens is 1370 g/mol. The van der Waals surface area contributed by atoms with E-state index in [-0.39, 0.29) is 122 Å². The number of hydrogen-bond acceptors (Lipinski definition) is 20. The van der Waals surface area contributed by atoms with Gasteiger partial charge in [0, 0.05) is 110 Å². The third kappa shape index (κ3) is 32.9. The predicted octanol–water partition coefficient (Wildman–Crippen LogP) is -1.72. The van der Waals surface area contributed by atoms with Crippen LogP contribution >= 0.6 is 0 Å². The molecular formula is C63H99FN12O25Si. The number of carbonyl (C=O) groups is 16. The van der Waals surface area contributed by atoms with Crippen molar-refractivity contribution < 1.29 is 127 Å². The Morgan fingerprint density at radius 1 is 0.412 bits per heavy atom. The monoisotopic (exact) mass is 1470 g/mol. The minimum absolute atomic E-state index is 0.000572. The van der Waals surface area contributed by atoms with Crippen LogP contribution in [0.1, 0.15) is 135 Å². The molecule has 2 rings (SSSR count). The van der Waals surface area contributed by atoms with E-state index in [0.29, 0.717) is 5.19 Å². The summed E-state index contributed by atoms with van der Waals surface area (Å²) in [5, 5.41) is 104. The van der Waals surface area contributed by atoms with Crippen molar-refractivity contribution >= 4 is 109 Å². The summed E-state index contributed by atoms with van der Waals surface area (Å²) in [6.07, 6.45) is -4.07. The summed E-state index contributed by atoms with van der Waals surface area (Å²) in [5.41, 5.74) is -0.0342. The second-order valence-corrected chi connectivity index (χ2v) is 31.5. The van der Waals surface area contributed by atoms with E-state index < -0.39 is 208 Å². The van der Waals surface area contributed by atoms with Gasteiger partial charge in [-0.05, 0) is 78.8 Å². The van der Waals surface area contributed by atoms with Crippen LogP contribution < -0.4 is 47.7 Å². The van der Waals surface area contributed by atoms with Crippen molar-refractivity contribution in [1.82, 2.24) is 62.1 Å². The van der Waals surface area contributed by atoms with E-state index in [4.69, 9.17) is 5.11 Å². The van der Waals surface area contributed by atoms with E-state index in [0.717, 1.165) is 0 Å². The highest BCUT2D eigenvalue weighted by atomic mass is 28.4. The molecule has 0 unspecified atom stereocenters. The van der Waals surface area contributed by atoms with Crippen LogP contribution in [-0.4, -0.2) is 297 Å². The summed E-state index contributed by atoms with van der Waals surface area (Å²) in [4.78, 5) is 204. The minimum Gasteiger partial charge on any atom is -0.481 e. The van der Waals surface area contributed by atoms with Crippen LogP contribution in [0.4, 0.5) is 8.90 Å². The standard InChI is InChI=1S/C63H99FN12O25Si/c1-62(2,3)102(64,63(4,5)6)39-14-12-38(13-15-39)54(89)70-44(34-67-48(79)20-18-45(60(99)100)76-32-30-74(36-52(85)86)28-26-73(35-51(83)84)27-29-75(31-33-76)37-53(87)88)55(90)69-41(57(93)94)10-7-8-24-65-46(77)21-22-47(78)66-25-9-11-40(56(91)92)68-49(80)19-16-42(58(95)96)71-61(101)72-43(59(97)98)17-23-50(81)82/h12-15,40-45H,7-11,16-37H2,1-6H3,(H,65,77)(H,66,78)(H,67,79)(H,68,80)(H,69,90)(H,70,89)(H,81,82)(H,83,84)(H,85,86)(H,87,88)(H,91,92)(H,93,94)(H,95,96)(H,97,98)(H,99,100)(H2,71,72,101)/t40-,41-,42-,43-,44-,45-/m0/s1. The SMILES string of the molecule is CC(C)(C)[Si](F)(c1ccc(C(=O)N[C@@H](CNC(=O)CC[C@@H](C(=O)O)N2CCN(CC(=O)O)CCN(CC(=O)O)CCN(CC(=O)O)CC2)C(=O)N[C@@H](CCCCNC(=O)CCC(=O)NCCC[C@H](NC(=O)CC[C@H](NC(=O)N[C@@H](CCC(=O)O)C(=O)O)C(=O)O)C(=O)O)C(=O)O)cc1)C(C)(C)C. The lowest BCUT2D eigenvalue weighted by Gasteiger charge is -2.44. The topological polar surface area (TPSA) is 564 Å². The summed E-state index contributed by atoms with van der Waals surface area (Å²) >= 11 is 0. The Labute approximate surface area is 588 Å². The van der Waals surface area contributed by atoms with Crippen molar-refractivity contribution in [2.45, 2.75) is 171 Å². The van der Waals surface area contributed by atoms with Crippen LogP contribution in [0.5, 0.6) is 0 Å². The van der Waals surface area contributed by atoms with Gasteiger partial charge in [0.2, 0.25) is 29.5 Å². The van der Waals surface area contributed by atoms with Crippen LogP contribution in [0.15, 0.2) is 24.3 Å². The number of carboxylic acids is 9. The van der Waals surface area contributed by atoms with E-state index in [2.05, 4.69) is 31.9 Å². The molecule has 0 saturated carbocycles. The van der Waals surface area contributed by atoms with Crippen molar-refractivity contribution in [3.05, 3.63) is 29.8 Å². The Morgan fingerprint density at radius 3 is 1.23 bits per heavy atom. The zero-order valence-electron chi connectivity index (χ0n) is 58.1. The first-order valence-corrected chi connectivity index (χ1v) is 34.9. The number of unbranched alkanes of at least 4 members (excludes halogenated alkanes) is 1. The summed E-state index contributed by atoms with van der Waals surface area (Å²) in [7, 11) is -3.81. The number of rotatable bonds is 43. The van der Waals surface area contributed by atoms with Crippen molar-refractivity contribution in [3.63, 3.8) is 0 Å². The molecule has 102 heavy (non-hydrogen) atoms. The summed E-state index contributed by atoms with van der Waals surface area (Å²) < 4.78 is 17.2. The van der Waals surface area contributed by atoms with E-state index in [9.17, 15) is 118 Å². The zero-order valence-corrected chi connectivity index (χ0v) is 59.1. The normalized spacial score (nSPS) is 15.6. The maximum atomic E-state index is 17.2. The van der Waals surface area contributed by atoms with Gasteiger partial charge in [0.1, 0.15) is 36.3 Å². The Bertz CT molecular complexity index is 3050. The van der Waals surface area contributed by atoms with Gasteiger partial charge in [-0.2, -0.15) is 0 Å². The lowest BCUT2D eigenvalue weighted by Crippen LogP contribution is -2.58. The van der Waals surface area contributed by atoms with Gasteiger partial charge >= 0.3 is 59.8 Å². The molecule has 1 aliphatic heterocycles. The van der Waals surface area contributed by atoms with Gasteiger partial charge in [-0.3, -0.25) is 72.3 Å². The van der Waals surface area contributed by atoms with Gasteiger partial charge in [-0.1, -0.05) is 53.7 Å². The van der Waals surface area contributed by atoms with Crippen LogP contribution in [0.3, 0.4) is 0 Å². The molecule has 1 fully saturated rings. The maximum absolute atomic E-state index is 17.2. The Kier molecular flexibility index (Phi) is 37.7. The molecule has 0 radical (unpaired) electrons. The summed E-state index contributed by atoms with van der Waals surface area (Å²) in [6.45, 7) is 8.55. The van der Waals surface area contributed by atoms with Crippen LogP contribution in [-0.2, 0) is 67.1 Å². The number of carbonyl (C=O) groups excluding carboxylic acids is 7. The first-order chi connectivity index (χ1) is 47.5. The van der Waals surface area contributed by atoms with Crippen molar-refractivity contribution in [2.24, 2.45) is 0 Å². The fraction of sp³-hybridized carbons (Fsp3) is 0.651. The maximum Gasteiger partial charge on any atom is 0.326 e. The molecule has 0 bridgehead atoms. The number of halogens is 1. The van der Waals surface area contributed by atoms with Gasteiger partial charge in [-0.25, -0.2) is 24.0 Å². The van der Waals surface area contributed by atoms with Crippen LogP contribution in [0.25, 0.3) is 0 Å². The largest absolute Gasteiger partial charge is 0.481 e. The Morgan fingerprint density at radius 2 is 0.804 bits per heavy atom. The molecule has 1 aliphatic rings. The molecule has 8 amide bonds. The van der Waals surface area contributed by atoms with Gasteiger partial charge in [0.25, 0.3) is 14.3 Å². The van der Waals surface area contributed by atoms with Gasteiger partial charge in [0.15, 0.2) is 0 Å². The third-order valence-corrected chi connectivity index (χ3v) is 21.9. The predicted molar refractivity (Wildman–Crippen MR) is 359 cm³/mol. The first kappa shape index (κ1) is 88.6. The van der Waals surface area contributed by atoms with Crippen molar-refractivity contribution in [3.8, 4) is 0 Å². The van der Waals surface area contributed by atoms with Gasteiger partial charge < -0.3 is 92.6 Å². The molecule has 6 atom stereocenters. The second-order valence-electron chi connectivity index (χ2n) is 26.6. The Balaban J connectivity index is 2.13. The number of nitrogens with zero attached hydrogens (tertiary/aromatic N) is 4. The third-order valence-electron chi connectivity index (χ3n) is 16.6. The van der Waals surface area contributed by atoms with Crippen molar-refractivity contribution in [2.75, 3.05) is 91.6 Å². The number of amides is 8. The minimum atomic E-state index is -3.81. The Hall–Kier alpha value is -9.47. The highest BCUT2D eigenvalue weighted by molar-refractivity contribution is 6.90. The molecule has 37 nitrogen and oxygen atoms in total. The fourth-order valence-corrected chi connectivity index (χ4v) is 16.0. The van der Waals surface area contributed by atoms with Crippen LogP contribution in [0.2, 0.25) is 10.1 Å². The molecule has 39 heteroatoms. The van der Waals surface area contributed by atoms with Gasteiger partial charge in [0.05, 0.1) is 19.6 Å². The number of nitrogens with one attached hydrogen (secondary N) is 8. The van der Waals surface area contributed by atoms with Gasteiger partial charge in [-0.15, -0.1) is 0 Å². The highest BCUT2D eigenvalue weighted by Crippen LogP contribution is 2.51. The smallest absolute Gasteiger partial charge is 0.326 e. The molecule has 0 aliphatic carbocycles. The lowest BCUT2D eigenvalue weighted by atomic mass is 10.1. The molecule has 1 aromatic carbocycles. The zero-order chi connectivity index (χ0) is 77.2. The fourth-order valence-electron chi connectivity index (χ4n) is 11.3. The first-order valence-electron chi connectivity index (χ1n) is 33.0. The number of urea groups is 1. The molecule has 1 heterocycles. The van der Waals surface area contributed by atoms with E-state index >= 15 is 4.11 Å². The highest BCUT2D eigenvalue weighted by Gasteiger charge is 2.56. The van der Waals surface area contributed by atoms with E-state index in [1.165, 1.54) is 43.9 Å². The molecule has 1 aromatic rings. The lowest BCUT2D eigenvalue weighted by molar-refractivity contribution is -0.145. The average molecular weight is 1470 g/mol. The number of benzene rings is 1. The van der Waals surface area contributed by atoms with Crippen molar-refractivity contribution in [1.29, 1.82) is 0 Å². The molecule has 0 aromatic heterocycles. The molecule has 0 spiro atoms. The molecule has 17 N–H and O–H groups in total. The van der Waals surface area contributed by atoms with Crippen LogP contribution in [0, 0.1) is 0 Å². The second kappa shape index (κ2) is 43.4. The molecule has 572 valence electrons. The number of aliphatic carboxylic acids is 9. The summed E-state index contributed by atoms with van der Waals surface area (Å²) in [5.74, 6) is -17.4. The van der Waals surface area contributed by atoms with E-state index in [1.54, 1.807) is 41.5 Å². The quantitative estimate of drug-likeness (QED) is 0.0197. The number of hydrogen-bond donors (Lipinski definition) is 17. The van der Waals surface area contributed by atoms with E-state index in [1.807, 2.05) is 10.6 Å². The average Bonchev–Trinajstić information content (AvgIpc) is 0.748.